The summed E-state index contributed by atoms with van der Waals surface area (Å²) in [6.45, 7) is 0.142. The van der Waals surface area contributed by atoms with E-state index in [1.165, 1.54) is 12.1 Å². The van der Waals surface area contributed by atoms with Gasteiger partial charge in [0.2, 0.25) is 0 Å². The van der Waals surface area contributed by atoms with Crippen molar-refractivity contribution in [2.24, 2.45) is 0 Å². The number of benzene rings is 2. The highest BCUT2D eigenvalue weighted by molar-refractivity contribution is 7.92. The van der Waals surface area contributed by atoms with Crippen molar-refractivity contribution < 1.29 is 22.7 Å². The molecule has 0 atom stereocenters. The second-order valence-corrected chi connectivity index (χ2v) is 7.30. The molecule has 0 unspecified atom stereocenters. The van der Waals surface area contributed by atoms with Crippen molar-refractivity contribution in [3.05, 3.63) is 65.7 Å². The van der Waals surface area contributed by atoms with Gasteiger partial charge in [0.25, 0.3) is 0 Å². The van der Waals surface area contributed by atoms with Crippen LogP contribution in [0.2, 0.25) is 0 Å². The number of sulfone groups is 1. The molecule has 6 heteroatoms. The van der Waals surface area contributed by atoms with Crippen molar-refractivity contribution >= 4 is 33.2 Å². The van der Waals surface area contributed by atoms with Gasteiger partial charge in [0.05, 0.1) is 10.5 Å². The number of hydrogen-bond acceptors (Lipinski definition) is 5. The summed E-state index contributed by atoms with van der Waals surface area (Å²) in [5.74, 6) is -0.944. The fourth-order valence-corrected chi connectivity index (χ4v) is 3.50. The van der Waals surface area contributed by atoms with Gasteiger partial charge in [0, 0.05) is 5.57 Å². The van der Waals surface area contributed by atoms with E-state index >= 15 is 0 Å². The van der Waals surface area contributed by atoms with Crippen LogP contribution in [0.3, 0.4) is 0 Å². The van der Waals surface area contributed by atoms with E-state index in [9.17, 15) is 18.0 Å². The lowest BCUT2D eigenvalue weighted by Gasteiger charge is -2.06. The lowest BCUT2D eigenvalue weighted by molar-refractivity contribution is -0.133. The molecule has 1 heterocycles. The van der Waals surface area contributed by atoms with Crippen LogP contribution in [0.1, 0.15) is 11.1 Å². The Hall–Kier alpha value is -2.73. The summed E-state index contributed by atoms with van der Waals surface area (Å²) < 4.78 is 28.9. The number of hydrogen-bond donors (Lipinski definition) is 0. The van der Waals surface area contributed by atoms with Gasteiger partial charge in [-0.05, 0) is 23.3 Å². The summed E-state index contributed by atoms with van der Waals surface area (Å²) in [6.07, 6.45) is 0.364. The first-order valence-corrected chi connectivity index (χ1v) is 8.90. The van der Waals surface area contributed by atoms with Gasteiger partial charge in [-0.1, -0.05) is 42.5 Å². The van der Waals surface area contributed by atoms with Crippen molar-refractivity contribution in [3.63, 3.8) is 0 Å². The Morgan fingerprint density at radius 2 is 1.62 bits per heavy atom. The molecule has 0 N–H and O–H groups in total. The number of carbonyl (C=O) groups is 2. The minimum Gasteiger partial charge on any atom is -0.457 e. The van der Waals surface area contributed by atoms with Gasteiger partial charge < -0.3 is 9.53 Å². The molecule has 0 saturated heterocycles. The standard InChI is InChI=1S/C18H14O5S/c19-10-11-24(21,22)15-8-6-13(7-9-15)16-12-23-18(20)17(16)14-4-2-1-3-5-14/h1-10H,11-12H2. The predicted molar refractivity (Wildman–Crippen MR) is 88.8 cm³/mol. The molecule has 0 fully saturated rings. The Kier molecular flexibility index (Phi) is 4.31. The quantitative estimate of drug-likeness (QED) is 0.614. The molecule has 122 valence electrons. The third-order valence-electron chi connectivity index (χ3n) is 3.77. The van der Waals surface area contributed by atoms with Gasteiger partial charge in [-0.15, -0.1) is 0 Å². The fourth-order valence-electron chi connectivity index (χ4n) is 2.58. The van der Waals surface area contributed by atoms with Crippen molar-refractivity contribution in [3.8, 4) is 0 Å². The maximum absolute atomic E-state index is 12.1. The van der Waals surface area contributed by atoms with E-state index in [-0.39, 0.29) is 11.5 Å². The molecule has 0 aliphatic carbocycles. The molecular weight excluding hydrogens is 328 g/mol. The highest BCUT2D eigenvalue weighted by atomic mass is 32.2. The molecule has 0 radical (unpaired) electrons. The van der Waals surface area contributed by atoms with Crippen LogP contribution in [0.4, 0.5) is 0 Å². The Labute approximate surface area is 139 Å². The van der Waals surface area contributed by atoms with E-state index in [0.29, 0.717) is 23.0 Å². The lowest BCUT2D eigenvalue weighted by Crippen LogP contribution is -2.07. The van der Waals surface area contributed by atoms with Crippen LogP contribution in [-0.4, -0.2) is 33.0 Å². The van der Waals surface area contributed by atoms with Gasteiger partial charge >= 0.3 is 5.97 Å². The Morgan fingerprint density at radius 3 is 2.25 bits per heavy atom. The summed E-state index contributed by atoms with van der Waals surface area (Å²) in [5, 5.41) is 0. The zero-order chi connectivity index (χ0) is 17.2. The van der Waals surface area contributed by atoms with Crippen molar-refractivity contribution in [2.45, 2.75) is 4.90 Å². The molecule has 0 amide bonds. The van der Waals surface area contributed by atoms with Crippen molar-refractivity contribution in [1.82, 2.24) is 0 Å². The van der Waals surface area contributed by atoms with Crippen LogP contribution in [-0.2, 0) is 24.2 Å². The van der Waals surface area contributed by atoms with Crippen molar-refractivity contribution in [2.75, 3.05) is 12.4 Å². The minimum atomic E-state index is -3.61. The van der Waals surface area contributed by atoms with Gasteiger partial charge in [-0.2, -0.15) is 0 Å². The van der Waals surface area contributed by atoms with E-state index in [1.54, 1.807) is 12.1 Å². The molecule has 0 spiro atoms. The number of ether oxygens (including phenoxy) is 1. The van der Waals surface area contributed by atoms with E-state index in [0.717, 1.165) is 5.56 Å². The summed E-state index contributed by atoms with van der Waals surface area (Å²) >= 11 is 0. The van der Waals surface area contributed by atoms with Crippen LogP contribution in [0.5, 0.6) is 0 Å². The second-order valence-electron chi connectivity index (χ2n) is 5.27. The molecule has 2 aromatic carbocycles. The number of aldehydes is 1. The first-order chi connectivity index (χ1) is 11.5. The Balaban J connectivity index is 2.03. The first kappa shape index (κ1) is 16.1. The summed E-state index contributed by atoms with van der Waals surface area (Å²) in [7, 11) is -3.61. The van der Waals surface area contributed by atoms with Gasteiger partial charge in [0.15, 0.2) is 9.84 Å². The third-order valence-corrected chi connectivity index (χ3v) is 5.33. The van der Waals surface area contributed by atoms with Crippen LogP contribution in [0.25, 0.3) is 11.1 Å². The fraction of sp³-hybridized carbons (Fsp3) is 0.111. The first-order valence-electron chi connectivity index (χ1n) is 7.25. The zero-order valence-corrected chi connectivity index (χ0v) is 13.5. The highest BCUT2D eigenvalue weighted by Gasteiger charge is 2.27. The van der Waals surface area contributed by atoms with E-state index < -0.39 is 21.6 Å². The lowest BCUT2D eigenvalue weighted by atomic mass is 9.97. The monoisotopic (exact) mass is 342 g/mol. The topological polar surface area (TPSA) is 77.5 Å². The summed E-state index contributed by atoms with van der Waals surface area (Å²) in [6, 6.07) is 15.3. The maximum atomic E-state index is 12.1. The normalized spacial score (nSPS) is 14.6. The SMILES string of the molecule is O=CCS(=O)(=O)c1ccc(C2=C(c3ccccc3)C(=O)OC2)cc1. The number of cyclic esters (lactones) is 1. The highest BCUT2D eigenvalue weighted by Crippen LogP contribution is 2.33. The van der Waals surface area contributed by atoms with E-state index in [2.05, 4.69) is 0 Å². The molecule has 3 rings (SSSR count). The third kappa shape index (κ3) is 3.00. The number of rotatable bonds is 5. The molecule has 5 nitrogen and oxygen atoms in total. The minimum absolute atomic E-state index is 0.0745. The van der Waals surface area contributed by atoms with Gasteiger partial charge in [0.1, 0.15) is 18.6 Å². The molecule has 1 aliphatic heterocycles. The Bertz CT molecular complexity index is 910. The smallest absolute Gasteiger partial charge is 0.339 e. The molecule has 2 aromatic rings. The molecule has 1 aliphatic rings. The van der Waals surface area contributed by atoms with Crippen LogP contribution in [0, 0.1) is 0 Å². The van der Waals surface area contributed by atoms with Crippen LogP contribution >= 0.6 is 0 Å². The molecule has 24 heavy (non-hydrogen) atoms. The van der Waals surface area contributed by atoms with Crippen LogP contribution in [0.15, 0.2) is 59.5 Å². The molecule has 0 bridgehead atoms. The van der Waals surface area contributed by atoms with Gasteiger partial charge in [-0.3, -0.25) is 0 Å². The maximum Gasteiger partial charge on any atom is 0.339 e. The van der Waals surface area contributed by atoms with E-state index in [4.69, 9.17) is 4.74 Å². The molecule has 0 aromatic heterocycles. The molecular formula is C18H14O5S. The van der Waals surface area contributed by atoms with Gasteiger partial charge in [-0.25, -0.2) is 13.2 Å². The van der Waals surface area contributed by atoms with Crippen LogP contribution < -0.4 is 0 Å². The predicted octanol–water partition coefficient (Wildman–Crippen LogP) is 2.13. The average Bonchev–Trinajstić information content (AvgIpc) is 2.97. The zero-order valence-electron chi connectivity index (χ0n) is 12.6. The number of esters is 1. The number of carbonyl (C=O) groups excluding carboxylic acids is 2. The Morgan fingerprint density at radius 1 is 0.958 bits per heavy atom. The second kappa shape index (κ2) is 6.41. The summed E-state index contributed by atoms with van der Waals surface area (Å²) in [5.41, 5.74) is 2.67. The summed E-state index contributed by atoms with van der Waals surface area (Å²) in [4.78, 5) is 22.6. The van der Waals surface area contributed by atoms with Crippen molar-refractivity contribution in [1.29, 1.82) is 0 Å². The average molecular weight is 342 g/mol. The molecule has 0 saturated carbocycles. The van der Waals surface area contributed by atoms with E-state index in [1.807, 2.05) is 30.3 Å². The largest absolute Gasteiger partial charge is 0.457 e.